The van der Waals surface area contributed by atoms with E-state index in [1.54, 1.807) is 17.1 Å². The number of hydrogen-bond acceptors (Lipinski definition) is 3. The van der Waals surface area contributed by atoms with Crippen LogP contribution in [0.4, 0.5) is 0 Å². The van der Waals surface area contributed by atoms with Crippen LogP contribution in [0, 0.1) is 0 Å². The van der Waals surface area contributed by atoms with Crippen molar-refractivity contribution < 1.29 is 4.79 Å². The first kappa shape index (κ1) is 8.93. The third-order valence-electron chi connectivity index (χ3n) is 1.57. The van der Waals surface area contributed by atoms with E-state index in [0.717, 1.165) is 19.4 Å². The minimum Gasteiger partial charge on any atom is -0.308 e. The number of likely N-dealkylation sites (N-methyl/N-ethyl adjacent to an activating group) is 1. The van der Waals surface area contributed by atoms with Crippen LogP contribution < -0.4 is 0 Å². The molecule has 0 fully saturated rings. The highest BCUT2D eigenvalue weighted by Crippen LogP contribution is 1.93. The van der Waals surface area contributed by atoms with E-state index in [9.17, 15) is 4.79 Å². The summed E-state index contributed by atoms with van der Waals surface area (Å²) in [4.78, 5) is 12.4. The smallest absolute Gasteiger partial charge is 0.153 e. The van der Waals surface area contributed by atoms with Crippen LogP contribution in [0.3, 0.4) is 0 Å². The van der Waals surface area contributed by atoms with Crippen LogP contribution in [-0.2, 0) is 6.54 Å². The van der Waals surface area contributed by atoms with E-state index in [2.05, 4.69) is 10.00 Å². The van der Waals surface area contributed by atoms with Gasteiger partial charge < -0.3 is 4.90 Å². The molecule has 0 atom stereocenters. The summed E-state index contributed by atoms with van der Waals surface area (Å²) in [7, 11) is 4.01. The van der Waals surface area contributed by atoms with Gasteiger partial charge in [0.05, 0.1) is 18.3 Å². The highest BCUT2D eigenvalue weighted by molar-refractivity contribution is 5.73. The van der Waals surface area contributed by atoms with Gasteiger partial charge in [0, 0.05) is 12.7 Å². The summed E-state index contributed by atoms with van der Waals surface area (Å²) in [6, 6.07) is 0. The molecule has 4 nitrogen and oxygen atoms in total. The van der Waals surface area contributed by atoms with Crippen molar-refractivity contribution >= 4 is 6.29 Å². The quantitative estimate of drug-likeness (QED) is 0.604. The summed E-state index contributed by atoms with van der Waals surface area (Å²) >= 11 is 0. The molecule has 0 spiro atoms. The Labute approximate surface area is 71.8 Å². The van der Waals surface area contributed by atoms with E-state index in [0.29, 0.717) is 5.56 Å². The monoisotopic (exact) mass is 167 g/mol. The van der Waals surface area contributed by atoms with Gasteiger partial charge in [0.1, 0.15) is 0 Å². The molecule has 0 radical (unpaired) electrons. The Bertz CT molecular complexity index is 255. The summed E-state index contributed by atoms with van der Waals surface area (Å²) in [6.07, 6.45) is 4.12. The first-order valence-corrected chi connectivity index (χ1v) is 3.85. The molecule has 0 saturated carbocycles. The van der Waals surface area contributed by atoms with Gasteiger partial charge in [-0.2, -0.15) is 5.10 Å². The normalized spacial score (nSPS) is 10.6. The van der Waals surface area contributed by atoms with Crippen LogP contribution in [0.1, 0.15) is 10.4 Å². The zero-order valence-electron chi connectivity index (χ0n) is 7.40. The van der Waals surface area contributed by atoms with Crippen LogP contribution in [-0.4, -0.2) is 41.6 Å². The van der Waals surface area contributed by atoms with Gasteiger partial charge in [-0.3, -0.25) is 9.48 Å². The van der Waals surface area contributed by atoms with Crippen LogP contribution in [0.25, 0.3) is 0 Å². The Morgan fingerprint density at radius 2 is 2.42 bits per heavy atom. The van der Waals surface area contributed by atoms with Crippen LogP contribution in [0.15, 0.2) is 12.4 Å². The number of aromatic nitrogens is 2. The van der Waals surface area contributed by atoms with Crippen molar-refractivity contribution in [3.8, 4) is 0 Å². The van der Waals surface area contributed by atoms with Crippen molar-refractivity contribution in [2.45, 2.75) is 6.54 Å². The van der Waals surface area contributed by atoms with Gasteiger partial charge in [-0.1, -0.05) is 0 Å². The molecule has 0 amide bonds. The molecule has 1 aromatic rings. The van der Waals surface area contributed by atoms with Gasteiger partial charge in [0.15, 0.2) is 6.29 Å². The van der Waals surface area contributed by atoms with Crippen molar-refractivity contribution in [3.05, 3.63) is 18.0 Å². The number of carbonyl (C=O) groups is 1. The average molecular weight is 167 g/mol. The Hall–Kier alpha value is -1.16. The molecule has 0 aliphatic rings. The molecular formula is C8H13N3O. The maximum Gasteiger partial charge on any atom is 0.153 e. The van der Waals surface area contributed by atoms with Gasteiger partial charge in [-0.25, -0.2) is 0 Å². The van der Waals surface area contributed by atoms with Gasteiger partial charge in [0.25, 0.3) is 0 Å². The van der Waals surface area contributed by atoms with Crippen molar-refractivity contribution in [1.29, 1.82) is 0 Å². The Morgan fingerprint density at radius 3 is 2.92 bits per heavy atom. The molecule has 0 aliphatic heterocycles. The molecule has 1 heterocycles. The first-order chi connectivity index (χ1) is 5.72. The molecule has 12 heavy (non-hydrogen) atoms. The SMILES string of the molecule is CN(C)CCn1cc(C=O)cn1. The van der Waals surface area contributed by atoms with Crippen LogP contribution in [0.5, 0.6) is 0 Å². The minimum atomic E-state index is 0.633. The number of hydrogen-bond donors (Lipinski definition) is 0. The summed E-state index contributed by atoms with van der Waals surface area (Å²) in [5, 5.41) is 4.02. The zero-order chi connectivity index (χ0) is 8.97. The summed E-state index contributed by atoms with van der Waals surface area (Å²) in [6.45, 7) is 1.75. The lowest BCUT2D eigenvalue weighted by Gasteiger charge is -2.08. The van der Waals surface area contributed by atoms with Crippen molar-refractivity contribution in [1.82, 2.24) is 14.7 Å². The Kier molecular flexibility index (Phi) is 2.99. The van der Waals surface area contributed by atoms with Crippen molar-refractivity contribution in [2.24, 2.45) is 0 Å². The third-order valence-corrected chi connectivity index (χ3v) is 1.57. The van der Waals surface area contributed by atoms with Crippen LogP contribution >= 0.6 is 0 Å². The van der Waals surface area contributed by atoms with E-state index in [1.165, 1.54) is 0 Å². The molecule has 66 valence electrons. The fourth-order valence-corrected chi connectivity index (χ4v) is 0.865. The summed E-state index contributed by atoms with van der Waals surface area (Å²) < 4.78 is 1.77. The van der Waals surface area contributed by atoms with E-state index in [1.807, 2.05) is 14.1 Å². The van der Waals surface area contributed by atoms with E-state index in [4.69, 9.17) is 0 Å². The molecule has 0 unspecified atom stereocenters. The van der Waals surface area contributed by atoms with Crippen molar-refractivity contribution in [3.63, 3.8) is 0 Å². The predicted molar refractivity (Wildman–Crippen MR) is 46.2 cm³/mol. The maximum absolute atomic E-state index is 10.3. The lowest BCUT2D eigenvalue weighted by atomic mass is 10.4. The van der Waals surface area contributed by atoms with Crippen molar-refractivity contribution in [2.75, 3.05) is 20.6 Å². The molecule has 0 bridgehead atoms. The van der Waals surface area contributed by atoms with E-state index in [-0.39, 0.29) is 0 Å². The third kappa shape index (κ3) is 2.47. The molecule has 0 aromatic carbocycles. The lowest BCUT2D eigenvalue weighted by Crippen LogP contribution is -2.18. The fraction of sp³-hybridized carbons (Fsp3) is 0.500. The topological polar surface area (TPSA) is 38.1 Å². The van der Waals surface area contributed by atoms with Gasteiger partial charge in [-0.15, -0.1) is 0 Å². The molecule has 1 rings (SSSR count). The zero-order valence-corrected chi connectivity index (χ0v) is 7.40. The second kappa shape index (κ2) is 4.01. The largest absolute Gasteiger partial charge is 0.308 e. The Balaban J connectivity index is 2.47. The molecule has 0 saturated heterocycles. The standard InChI is InChI=1S/C8H13N3O/c1-10(2)3-4-11-6-8(7-12)5-9-11/h5-7H,3-4H2,1-2H3. The first-order valence-electron chi connectivity index (χ1n) is 3.85. The second-order valence-corrected chi connectivity index (χ2v) is 2.96. The second-order valence-electron chi connectivity index (χ2n) is 2.96. The maximum atomic E-state index is 10.3. The van der Waals surface area contributed by atoms with E-state index >= 15 is 0 Å². The lowest BCUT2D eigenvalue weighted by molar-refractivity contribution is 0.112. The number of nitrogens with zero attached hydrogens (tertiary/aromatic N) is 3. The number of carbonyl (C=O) groups excluding carboxylic acids is 1. The highest BCUT2D eigenvalue weighted by Gasteiger charge is 1.96. The highest BCUT2D eigenvalue weighted by atomic mass is 16.1. The van der Waals surface area contributed by atoms with Gasteiger partial charge in [-0.05, 0) is 14.1 Å². The summed E-state index contributed by atoms with van der Waals surface area (Å²) in [5.41, 5.74) is 0.633. The summed E-state index contributed by atoms with van der Waals surface area (Å²) in [5.74, 6) is 0. The molecule has 0 N–H and O–H groups in total. The van der Waals surface area contributed by atoms with Gasteiger partial charge in [0.2, 0.25) is 0 Å². The van der Waals surface area contributed by atoms with Gasteiger partial charge >= 0.3 is 0 Å². The van der Waals surface area contributed by atoms with Crippen LogP contribution in [0.2, 0.25) is 0 Å². The molecule has 1 aromatic heterocycles. The number of rotatable bonds is 4. The Morgan fingerprint density at radius 1 is 1.67 bits per heavy atom. The molecule has 0 aliphatic carbocycles. The molecule has 4 heteroatoms. The molecular weight excluding hydrogens is 154 g/mol. The average Bonchev–Trinajstić information content (AvgIpc) is 2.48. The fourth-order valence-electron chi connectivity index (χ4n) is 0.865. The van der Waals surface area contributed by atoms with E-state index < -0.39 is 0 Å². The number of aldehydes is 1. The predicted octanol–water partition coefficient (Wildman–Crippen LogP) is 0.257. The minimum absolute atomic E-state index is 0.633.